The van der Waals surface area contributed by atoms with Crippen molar-refractivity contribution in [3.8, 4) is 0 Å². The van der Waals surface area contributed by atoms with E-state index in [9.17, 15) is 29.4 Å². The van der Waals surface area contributed by atoms with Gasteiger partial charge in [0.15, 0.2) is 0 Å². The summed E-state index contributed by atoms with van der Waals surface area (Å²) in [5, 5.41) is 25.6. The lowest BCUT2D eigenvalue weighted by Crippen LogP contribution is -2.49. The Balaban J connectivity index is 1.12. The Kier molecular flexibility index (Phi) is 20.9. The second-order valence-corrected chi connectivity index (χ2v) is 15.6. The third-order valence-electron chi connectivity index (χ3n) is 10.6. The number of nitrogens with zero attached hydrogens (tertiary/aromatic N) is 10. The zero-order valence-electron chi connectivity index (χ0n) is 36.1. The van der Waals surface area contributed by atoms with E-state index in [2.05, 4.69) is 45.3 Å². The van der Waals surface area contributed by atoms with E-state index >= 15 is 0 Å². The monoisotopic (exact) mass is 866 g/mol. The normalized spacial score (nSPS) is 15.1. The molecular weight excluding hydrogens is 805 g/mol. The molecule has 63 heavy (non-hydrogen) atoms. The highest BCUT2D eigenvalue weighted by Crippen LogP contribution is 2.09. The van der Waals surface area contributed by atoms with Crippen LogP contribution in [0.2, 0.25) is 0 Å². The lowest BCUT2D eigenvalue weighted by molar-refractivity contribution is -0.139. The third kappa shape index (κ3) is 19.9. The van der Waals surface area contributed by atoms with Crippen LogP contribution in [0.15, 0.2) is 97.6 Å². The van der Waals surface area contributed by atoms with Crippen LogP contribution in [0, 0.1) is 0 Å². The summed E-state index contributed by atoms with van der Waals surface area (Å²) in [6.07, 6.45) is 7.27. The zero-order valence-corrected chi connectivity index (χ0v) is 36.1. The molecule has 5 rings (SSSR count). The average molecular weight is 867 g/mol. The van der Waals surface area contributed by atoms with Gasteiger partial charge in [0.05, 0.1) is 42.4 Å². The van der Waals surface area contributed by atoms with Crippen molar-refractivity contribution < 1.29 is 29.4 Å². The number of carbonyl (C=O) groups is 4. The second-order valence-electron chi connectivity index (χ2n) is 15.6. The van der Waals surface area contributed by atoms with Gasteiger partial charge in [-0.1, -0.05) is 24.3 Å². The number of carboxylic acid groups (broad SMARTS) is 2. The highest BCUT2D eigenvalue weighted by atomic mass is 16.4. The minimum absolute atomic E-state index is 0.0770. The van der Waals surface area contributed by atoms with Gasteiger partial charge in [0.2, 0.25) is 11.8 Å². The van der Waals surface area contributed by atoms with Gasteiger partial charge in [0, 0.05) is 142 Å². The number of amides is 2. The first-order chi connectivity index (χ1) is 30.7. The molecular formula is C45H62N12O6. The number of hydrogen-bond acceptors (Lipinski definition) is 14. The molecule has 18 heteroatoms. The van der Waals surface area contributed by atoms with Crippen molar-refractivity contribution in [2.24, 2.45) is 0 Å². The first-order valence-electron chi connectivity index (χ1n) is 21.6. The van der Waals surface area contributed by atoms with Crippen LogP contribution in [-0.4, -0.2) is 188 Å². The number of aliphatic carboxylic acids is 2. The lowest BCUT2D eigenvalue weighted by Gasteiger charge is -2.33. The highest BCUT2D eigenvalue weighted by Gasteiger charge is 2.21. The first-order valence-corrected chi connectivity index (χ1v) is 21.6. The molecule has 1 aliphatic rings. The molecule has 0 radical (unpaired) electrons. The van der Waals surface area contributed by atoms with E-state index in [-0.39, 0.29) is 37.9 Å². The summed E-state index contributed by atoms with van der Waals surface area (Å²) >= 11 is 0. The van der Waals surface area contributed by atoms with E-state index in [4.69, 9.17) is 0 Å². The molecule has 18 nitrogen and oxygen atoms in total. The Morgan fingerprint density at radius 3 is 1.14 bits per heavy atom. The van der Waals surface area contributed by atoms with Gasteiger partial charge in [-0.25, -0.2) is 0 Å². The summed E-state index contributed by atoms with van der Waals surface area (Å²) in [5.41, 5.74) is 3.67. The standard InChI is InChI=1S/C45H62N12O6/c58-42(50-18-21-56(31-38-9-1-5-14-46-38)32-39-10-2-6-15-47-39)13-20-52-23-25-54(36-44(60)61)29-27-53(28-30-55(26-24-52)37-45(62)63)35-43(59)51-19-22-57(33-40-11-3-7-16-48-40)34-41-12-4-8-17-49-41/h1-12,14-17H,13,18-37H2,(H,50,58)(H,51,59)(H,60,61)(H,62,63). The molecule has 1 aliphatic heterocycles. The van der Waals surface area contributed by atoms with E-state index in [0.717, 1.165) is 22.8 Å². The fraction of sp³-hybridized carbons (Fsp3) is 0.467. The number of aromatic nitrogens is 4. The zero-order chi connectivity index (χ0) is 44.5. The largest absolute Gasteiger partial charge is 0.480 e. The number of carboxylic acids is 2. The summed E-state index contributed by atoms with van der Waals surface area (Å²) in [7, 11) is 0. The number of rotatable bonds is 23. The topological polar surface area (TPSA) is 204 Å². The number of hydrogen-bond donors (Lipinski definition) is 4. The molecule has 4 aromatic heterocycles. The molecule has 0 aliphatic carbocycles. The molecule has 2 amide bonds. The van der Waals surface area contributed by atoms with E-state index in [1.165, 1.54) is 0 Å². The maximum atomic E-state index is 13.4. The quantitative estimate of drug-likeness (QED) is 0.0821. The third-order valence-corrected chi connectivity index (χ3v) is 10.6. The Morgan fingerprint density at radius 1 is 0.476 bits per heavy atom. The predicted octanol–water partition coefficient (Wildman–Crippen LogP) is 0.985. The molecule has 0 unspecified atom stereocenters. The van der Waals surface area contributed by atoms with Gasteiger partial charge in [-0.2, -0.15) is 0 Å². The van der Waals surface area contributed by atoms with Gasteiger partial charge in [0.1, 0.15) is 0 Å². The fourth-order valence-corrected chi connectivity index (χ4v) is 7.28. The molecule has 5 heterocycles. The van der Waals surface area contributed by atoms with Crippen molar-refractivity contribution in [1.82, 2.24) is 60.0 Å². The molecule has 0 saturated carbocycles. The van der Waals surface area contributed by atoms with Crippen molar-refractivity contribution in [3.05, 3.63) is 120 Å². The minimum atomic E-state index is -0.953. The van der Waals surface area contributed by atoms with Crippen molar-refractivity contribution >= 4 is 23.8 Å². The van der Waals surface area contributed by atoms with E-state index in [0.29, 0.717) is 111 Å². The van der Waals surface area contributed by atoms with Gasteiger partial charge < -0.3 is 25.7 Å². The van der Waals surface area contributed by atoms with Gasteiger partial charge in [-0.05, 0) is 48.5 Å². The predicted molar refractivity (Wildman–Crippen MR) is 237 cm³/mol. The second kappa shape index (κ2) is 27.3. The SMILES string of the molecule is O=C(O)CN1CCN(CCC(=O)NCCN(Cc2ccccn2)Cc2ccccn2)CCN(CC(=O)O)CCN(CC(=O)NCCN(Cc2ccccn2)Cc2ccccn2)CC1. The minimum Gasteiger partial charge on any atom is -0.480 e. The van der Waals surface area contributed by atoms with Gasteiger partial charge in [0.25, 0.3) is 0 Å². The Labute approximate surface area is 369 Å². The van der Waals surface area contributed by atoms with Gasteiger partial charge >= 0.3 is 11.9 Å². The van der Waals surface area contributed by atoms with Crippen LogP contribution < -0.4 is 10.6 Å². The average Bonchev–Trinajstić information content (AvgIpc) is 3.27. The van der Waals surface area contributed by atoms with Gasteiger partial charge in [-0.15, -0.1) is 0 Å². The Morgan fingerprint density at radius 2 is 0.810 bits per heavy atom. The van der Waals surface area contributed by atoms with Crippen LogP contribution in [0.25, 0.3) is 0 Å². The van der Waals surface area contributed by atoms with Crippen LogP contribution >= 0.6 is 0 Å². The van der Waals surface area contributed by atoms with Crippen LogP contribution in [-0.2, 0) is 45.4 Å². The molecule has 0 spiro atoms. The van der Waals surface area contributed by atoms with Crippen molar-refractivity contribution in [2.75, 3.05) is 105 Å². The maximum Gasteiger partial charge on any atom is 0.317 e. The smallest absolute Gasteiger partial charge is 0.317 e. The summed E-state index contributed by atoms with van der Waals surface area (Å²) in [6, 6.07) is 23.2. The van der Waals surface area contributed by atoms with Crippen LogP contribution in [0.4, 0.5) is 0 Å². The Bertz CT molecular complexity index is 1820. The van der Waals surface area contributed by atoms with Crippen LogP contribution in [0.3, 0.4) is 0 Å². The molecule has 0 bridgehead atoms. The van der Waals surface area contributed by atoms with E-state index < -0.39 is 11.9 Å². The number of nitrogens with one attached hydrogen (secondary N) is 2. The molecule has 338 valence electrons. The van der Waals surface area contributed by atoms with Crippen molar-refractivity contribution in [1.29, 1.82) is 0 Å². The fourth-order valence-electron chi connectivity index (χ4n) is 7.28. The van der Waals surface area contributed by atoms with Crippen LogP contribution in [0.5, 0.6) is 0 Å². The highest BCUT2D eigenvalue weighted by molar-refractivity contribution is 5.78. The van der Waals surface area contributed by atoms with Gasteiger partial charge in [-0.3, -0.25) is 63.6 Å². The van der Waals surface area contributed by atoms with Crippen molar-refractivity contribution in [3.63, 3.8) is 0 Å². The van der Waals surface area contributed by atoms with E-state index in [1.54, 1.807) is 24.8 Å². The molecule has 1 saturated heterocycles. The summed E-state index contributed by atoms with van der Waals surface area (Å²) < 4.78 is 0. The van der Waals surface area contributed by atoms with E-state index in [1.807, 2.05) is 87.5 Å². The summed E-state index contributed by atoms with van der Waals surface area (Å²) in [5.74, 6) is -2.19. The Hall–Kier alpha value is -5.76. The molecule has 4 aromatic rings. The van der Waals surface area contributed by atoms with Crippen molar-refractivity contribution in [2.45, 2.75) is 32.6 Å². The first kappa shape index (κ1) is 48.3. The molecule has 4 N–H and O–H groups in total. The lowest BCUT2D eigenvalue weighted by atomic mass is 10.2. The summed E-state index contributed by atoms with van der Waals surface area (Å²) in [6.45, 7) is 7.93. The maximum absolute atomic E-state index is 13.4. The molecule has 1 fully saturated rings. The number of carbonyl (C=O) groups excluding carboxylic acids is 2. The number of pyridine rings is 4. The summed E-state index contributed by atoms with van der Waals surface area (Å²) in [4.78, 5) is 80.3. The van der Waals surface area contributed by atoms with Crippen LogP contribution in [0.1, 0.15) is 29.2 Å². The molecule has 0 aromatic carbocycles. The molecule has 0 atom stereocenters.